The molecule has 4 rings (SSSR count). The monoisotopic (exact) mass is 440 g/mol. The van der Waals surface area contributed by atoms with Gasteiger partial charge in [-0.3, -0.25) is 4.79 Å². The first-order chi connectivity index (χ1) is 15.4. The van der Waals surface area contributed by atoms with Gasteiger partial charge < -0.3 is 25.6 Å². The van der Waals surface area contributed by atoms with Gasteiger partial charge in [0, 0.05) is 22.9 Å². The number of carbonyl (C=O) groups excluding carboxylic acids is 1. The summed E-state index contributed by atoms with van der Waals surface area (Å²) in [6.45, 7) is 1.60. The molecule has 0 bridgehead atoms. The summed E-state index contributed by atoms with van der Waals surface area (Å²) in [7, 11) is 1.48. The van der Waals surface area contributed by atoms with E-state index in [1.54, 1.807) is 19.1 Å². The largest absolute Gasteiger partial charge is 0.508 e. The number of benzene rings is 2. The van der Waals surface area contributed by atoms with Gasteiger partial charge in [-0.2, -0.15) is 0 Å². The fraction of sp³-hybridized carbons (Fsp3) is 0.348. The standard InChI is InChI=1S/C23H25FN4O4/c1-12-17(29)8-7-15(24)20(12)28-23-14-9-18(31-2)19(10-16(14)26-11-27-23)32-21(22(25)30)13-5-3-4-6-13/h7-11,13,21,29H,3-6H2,1-2H3,(H2,25,30)(H,26,27,28). The lowest BCUT2D eigenvalue weighted by atomic mass is 10.00. The lowest BCUT2D eigenvalue weighted by Gasteiger charge is -2.23. The highest BCUT2D eigenvalue weighted by Gasteiger charge is 2.32. The first-order valence-corrected chi connectivity index (χ1v) is 10.4. The van der Waals surface area contributed by atoms with Crippen molar-refractivity contribution in [1.29, 1.82) is 0 Å². The van der Waals surface area contributed by atoms with Crippen LogP contribution in [0.3, 0.4) is 0 Å². The molecule has 1 fully saturated rings. The van der Waals surface area contributed by atoms with Crippen LogP contribution in [0.25, 0.3) is 10.9 Å². The Hall–Kier alpha value is -3.62. The van der Waals surface area contributed by atoms with Crippen molar-refractivity contribution in [3.63, 3.8) is 0 Å². The molecule has 168 valence electrons. The van der Waals surface area contributed by atoms with E-state index in [9.17, 15) is 14.3 Å². The molecule has 1 amide bonds. The topological polar surface area (TPSA) is 120 Å². The Labute approximate surface area is 184 Å². The van der Waals surface area contributed by atoms with Crippen molar-refractivity contribution in [2.75, 3.05) is 12.4 Å². The second-order valence-electron chi connectivity index (χ2n) is 7.92. The smallest absolute Gasteiger partial charge is 0.258 e. The molecule has 0 aliphatic heterocycles. The van der Waals surface area contributed by atoms with Crippen LogP contribution in [0.4, 0.5) is 15.9 Å². The molecule has 0 radical (unpaired) electrons. The number of nitrogens with zero attached hydrogens (tertiary/aromatic N) is 2. The number of aromatic hydroxyl groups is 1. The number of amides is 1. The fourth-order valence-electron chi connectivity index (χ4n) is 4.14. The van der Waals surface area contributed by atoms with Crippen molar-refractivity contribution in [3.8, 4) is 17.2 Å². The molecule has 1 aliphatic carbocycles. The number of phenols is 1. The summed E-state index contributed by atoms with van der Waals surface area (Å²) >= 11 is 0. The van der Waals surface area contributed by atoms with Crippen molar-refractivity contribution in [2.45, 2.75) is 38.7 Å². The summed E-state index contributed by atoms with van der Waals surface area (Å²) in [5, 5.41) is 13.4. The van der Waals surface area contributed by atoms with E-state index in [1.807, 2.05) is 0 Å². The maximum Gasteiger partial charge on any atom is 0.258 e. The van der Waals surface area contributed by atoms with Gasteiger partial charge >= 0.3 is 0 Å². The Kier molecular flexibility index (Phi) is 5.98. The Bertz CT molecular complexity index is 1160. The van der Waals surface area contributed by atoms with Crippen LogP contribution in [-0.4, -0.2) is 34.2 Å². The molecule has 32 heavy (non-hydrogen) atoms. The Balaban J connectivity index is 1.73. The van der Waals surface area contributed by atoms with E-state index in [2.05, 4.69) is 15.3 Å². The number of primary amides is 1. The van der Waals surface area contributed by atoms with Crippen LogP contribution < -0.4 is 20.5 Å². The van der Waals surface area contributed by atoms with E-state index in [4.69, 9.17) is 15.2 Å². The van der Waals surface area contributed by atoms with E-state index in [0.717, 1.165) is 25.7 Å². The van der Waals surface area contributed by atoms with Gasteiger partial charge in [0.2, 0.25) is 0 Å². The normalized spacial score (nSPS) is 15.0. The Morgan fingerprint density at radius 1 is 1.25 bits per heavy atom. The maximum atomic E-state index is 14.4. The minimum absolute atomic E-state index is 0.0371. The molecule has 3 aromatic rings. The van der Waals surface area contributed by atoms with Crippen LogP contribution in [0.15, 0.2) is 30.6 Å². The highest BCUT2D eigenvalue weighted by molar-refractivity contribution is 5.93. The van der Waals surface area contributed by atoms with Crippen molar-refractivity contribution < 1.29 is 23.8 Å². The zero-order valence-corrected chi connectivity index (χ0v) is 17.9. The van der Waals surface area contributed by atoms with Crippen molar-refractivity contribution in [3.05, 3.63) is 42.0 Å². The van der Waals surface area contributed by atoms with Gasteiger partial charge in [-0.15, -0.1) is 0 Å². The lowest BCUT2D eigenvalue weighted by molar-refractivity contribution is -0.127. The van der Waals surface area contributed by atoms with E-state index in [1.165, 1.54) is 25.6 Å². The number of hydrogen-bond acceptors (Lipinski definition) is 7. The quantitative estimate of drug-likeness (QED) is 0.509. The highest BCUT2D eigenvalue weighted by Crippen LogP contribution is 2.38. The zero-order valence-electron chi connectivity index (χ0n) is 17.9. The van der Waals surface area contributed by atoms with Gasteiger partial charge in [0.1, 0.15) is 23.7 Å². The van der Waals surface area contributed by atoms with Gasteiger partial charge in [-0.05, 0) is 38.0 Å². The summed E-state index contributed by atoms with van der Waals surface area (Å²) in [6, 6.07) is 5.78. The first-order valence-electron chi connectivity index (χ1n) is 10.4. The number of nitrogens with one attached hydrogen (secondary N) is 1. The Morgan fingerprint density at radius 2 is 2.00 bits per heavy atom. The third kappa shape index (κ3) is 4.10. The predicted octanol–water partition coefficient (Wildman–Crippen LogP) is 3.96. The molecular weight excluding hydrogens is 415 g/mol. The third-order valence-electron chi connectivity index (χ3n) is 5.91. The van der Waals surface area contributed by atoms with E-state index in [-0.39, 0.29) is 17.4 Å². The minimum Gasteiger partial charge on any atom is -0.508 e. The third-order valence-corrected chi connectivity index (χ3v) is 5.91. The number of phenolic OH excluding ortho intramolecular Hbond substituents is 1. The molecule has 1 heterocycles. The number of ether oxygens (including phenoxy) is 2. The highest BCUT2D eigenvalue weighted by atomic mass is 19.1. The average Bonchev–Trinajstić information content (AvgIpc) is 3.31. The second kappa shape index (κ2) is 8.86. The van der Waals surface area contributed by atoms with Crippen LogP contribution in [0.5, 0.6) is 17.2 Å². The number of hydrogen-bond donors (Lipinski definition) is 3. The van der Waals surface area contributed by atoms with Gasteiger partial charge in [0.05, 0.1) is 18.3 Å². The van der Waals surface area contributed by atoms with Gasteiger partial charge in [0.25, 0.3) is 5.91 Å². The molecule has 0 spiro atoms. The number of aromatic nitrogens is 2. The summed E-state index contributed by atoms with van der Waals surface area (Å²) in [4.78, 5) is 20.6. The van der Waals surface area contributed by atoms with Gasteiger partial charge in [0.15, 0.2) is 17.6 Å². The number of rotatable bonds is 7. The fourth-order valence-corrected chi connectivity index (χ4v) is 4.14. The van der Waals surface area contributed by atoms with Crippen molar-refractivity contribution >= 4 is 28.3 Å². The summed E-state index contributed by atoms with van der Waals surface area (Å²) < 4.78 is 25.9. The van der Waals surface area contributed by atoms with E-state index >= 15 is 0 Å². The summed E-state index contributed by atoms with van der Waals surface area (Å²) in [6.07, 6.45) is 4.43. The first kappa shape index (κ1) is 21.6. The van der Waals surface area contributed by atoms with E-state index in [0.29, 0.717) is 33.8 Å². The molecule has 9 heteroatoms. The molecule has 0 saturated heterocycles. The van der Waals surface area contributed by atoms with Crippen LogP contribution >= 0.6 is 0 Å². The molecule has 1 saturated carbocycles. The van der Waals surface area contributed by atoms with Crippen LogP contribution in [-0.2, 0) is 4.79 Å². The number of halogens is 1. The Morgan fingerprint density at radius 3 is 2.69 bits per heavy atom. The van der Waals surface area contributed by atoms with Gasteiger partial charge in [-0.1, -0.05) is 12.8 Å². The molecule has 1 atom stereocenters. The number of methoxy groups -OCH3 is 1. The lowest BCUT2D eigenvalue weighted by Crippen LogP contribution is -2.39. The van der Waals surface area contributed by atoms with Crippen LogP contribution in [0.1, 0.15) is 31.2 Å². The van der Waals surface area contributed by atoms with Gasteiger partial charge in [-0.25, -0.2) is 14.4 Å². The van der Waals surface area contributed by atoms with Crippen molar-refractivity contribution in [2.24, 2.45) is 11.7 Å². The number of anilines is 2. The molecule has 2 aromatic carbocycles. The SMILES string of the molecule is COc1cc2c(Nc3c(F)ccc(O)c3C)ncnc2cc1OC(C(N)=O)C1CCCC1. The maximum absolute atomic E-state index is 14.4. The van der Waals surface area contributed by atoms with Crippen LogP contribution in [0, 0.1) is 18.7 Å². The number of fused-ring (bicyclic) bond motifs is 1. The molecule has 1 aromatic heterocycles. The molecule has 4 N–H and O–H groups in total. The molecule has 8 nitrogen and oxygen atoms in total. The molecule has 1 aliphatic rings. The van der Waals surface area contributed by atoms with E-state index < -0.39 is 17.8 Å². The predicted molar refractivity (Wildman–Crippen MR) is 118 cm³/mol. The minimum atomic E-state index is -0.757. The second-order valence-corrected chi connectivity index (χ2v) is 7.92. The zero-order chi connectivity index (χ0) is 22.8. The number of carbonyl (C=O) groups is 1. The van der Waals surface area contributed by atoms with Crippen LogP contribution in [0.2, 0.25) is 0 Å². The average molecular weight is 440 g/mol. The number of nitrogens with two attached hydrogens (primary N) is 1. The summed E-state index contributed by atoms with van der Waals surface area (Å²) in [5.74, 6) is 0.0263. The molecular formula is C23H25FN4O4. The van der Waals surface area contributed by atoms with Crippen molar-refractivity contribution in [1.82, 2.24) is 9.97 Å². The summed E-state index contributed by atoms with van der Waals surface area (Å²) in [5.41, 5.74) is 6.59. The molecule has 1 unspecified atom stereocenters.